The minimum atomic E-state index is -0.404. The second kappa shape index (κ2) is 7.64. The molecule has 1 aromatic heterocycles. The van der Waals surface area contributed by atoms with Crippen LogP contribution >= 0.6 is 11.8 Å². The van der Waals surface area contributed by atoms with Crippen LogP contribution in [0.1, 0.15) is 40.9 Å². The molecule has 1 aliphatic rings. The highest BCUT2D eigenvalue weighted by Crippen LogP contribution is 2.28. The number of halogens is 1. The number of rotatable bonds is 5. The lowest BCUT2D eigenvalue weighted by Crippen LogP contribution is -2.24. The second-order valence-electron chi connectivity index (χ2n) is 6.86. The Morgan fingerprint density at radius 1 is 1.21 bits per heavy atom. The molecule has 0 saturated heterocycles. The van der Waals surface area contributed by atoms with Crippen LogP contribution < -0.4 is 10.3 Å². The zero-order valence-electron chi connectivity index (χ0n) is 15.4. The molecule has 2 aromatic carbocycles. The summed E-state index contributed by atoms with van der Waals surface area (Å²) >= 11 is 6.01. The van der Waals surface area contributed by atoms with E-state index >= 15 is 0 Å². The van der Waals surface area contributed by atoms with Crippen molar-refractivity contribution >= 4 is 28.5 Å². The predicted octanol–water partition coefficient (Wildman–Crippen LogP) is 3.71. The Kier molecular flexibility index (Phi) is 5.05. The summed E-state index contributed by atoms with van der Waals surface area (Å²) in [5, 5.41) is 5.42. The van der Waals surface area contributed by atoms with Gasteiger partial charge in [-0.3, -0.25) is 4.79 Å². The van der Waals surface area contributed by atoms with Gasteiger partial charge in [-0.15, -0.1) is 4.20 Å². The highest BCUT2D eigenvalue weighted by molar-refractivity contribution is 6.15. The van der Waals surface area contributed by atoms with Crippen molar-refractivity contribution < 1.29 is 14.3 Å². The van der Waals surface area contributed by atoms with Gasteiger partial charge in [-0.1, -0.05) is 12.1 Å². The first-order valence-electron chi connectivity index (χ1n) is 9.11. The maximum atomic E-state index is 12.4. The van der Waals surface area contributed by atoms with Crippen LogP contribution in [-0.2, 0) is 11.2 Å². The van der Waals surface area contributed by atoms with E-state index in [-0.39, 0.29) is 11.7 Å². The summed E-state index contributed by atoms with van der Waals surface area (Å²) in [6.45, 7) is 0. The van der Waals surface area contributed by atoms with Gasteiger partial charge >= 0.3 is 5.97 Å². The molecule has 1 fully saturated rings. The van der Waals surface area contributed by atoms with Gasteiger partial charge in [-0.25, -0.2) is 4.79 Å². The van der Waals surface area contributed by atoms with Crippen LogP contribution in [0.3, 0.4) is 0 Å². The maximum absolute atomic E-state index is 12.4. The molecule has 3 aromatic rings. The minimum Gasteiger partial charge on any atom is -0.490 e. The minimum absolute atomic E-state index is 0.235. The molecule has 7 heteroatoms. The van der Waals surface area contributed by atoms with E-state index in [0.29, 0.717) is 28.5 Å². The average molecular weight is 399 g/mol. The molecule has 0 bridgehead atoms. The monoisotopic (exact) mass is 398 g/mol. The predicted molar refractivity (Wildman–Crippen MR) is 106 cm³/mol. The van der Waals surface area contributed by atoms with Gasteiger partial charge in [-0.2, -0.15) is 5.10 Å². The second-order valence-corrected chi connectivity index (χ2v) is 7.18. The summed E-state index contributed by atoms with van der Waals surface area (Å²) in [6.07, 6.45) is 3.91. The summed E-state index contributed by atoms with van der Waals surface area (Å²) in [4.78, 5) is 24.2. The summed E-state index contributed by atoms with van der Waals surface area (Å²) in [6, 6.07) is 12.5. The molecule has 0 N–H and O–H groups in total. The number of hydrogen-bond donors (Lipinski definition) is 0. The molecule has 0 unspecified atom stereocenters. The molecular formula is C21H19ClN2O4. The molecule has 0 aliphatic heterocycles. The summed E-state index contributed by atoms with van der Waals surface area (Å²) in [5.41, 5.74) is 1.57. The van der Waals surface area contributed by atoms with E-state index in [4.69, 9.17) is 21.3 Å². The Bertz CT molecular complexity index is 1110. The number of aromatic nitrogens is 2. The topological polar surface area (TPSA) is 70.4 Å². The number of carbonyl (C=O) groups excluding carboxylic acids is 1. The first-order valence-corrected chi connectivity index (χ1v) is 9.45. The Labute approximate surface area is 166 Å². The number of methoxy groups -OCH3 is 1. The Balaban J connectivity index is 1.74. The smallest absolute Gasteiger partial charge is 0.337 e. The van der Waals surface area contributed by atoms with Gasteiger partial charge in [-0.05, 0) is 55.2 Å². The number of hydrogen-bond acceptors (Lipinski definition) is 5. The van der Waals surface area contributed by atoms with Crippen molar-refractivity contribution in [3.63, 3.8) is 0 Å². The fraction of sp³-hybridized carbons (Fsp3) is 0.286. The molecule has 0 atom stereocenters. The van der Waals surface area contributed by atoms with E-state index in [2.05, 4.69) is 5.10 Å². The van der Waals surface area contributed by atoms with Crippen LogP contribution in [0.5, 0.6) is 5.75 Å². The van der Waals surface area contributed by atoms with Crippen molar-refractivity contribution in [3.8, 4) is 5.75 Å². The van der Waals surface area contributed by atoms with E-state index < -0.39 is 5.97 Å². The number of fused-ring (bicyclic) bond motifs is 1. The Morgan fingerprint density at radius 2 is 2.04 bits per heavy atom. The molecule has 144 valence electrons. The molecular weight excluding hydrogens is 380 g/mol. The first-order chi connectivity index (χ1) is 13.5. The fourth-order valence-corrected chi connectivity index (χ4v) is 3.44. The van der Waals surface area contributed by atoms with Crippen LogP contribution in [0.2, 0.25) is 0 Å². The fourth-order valence-electron chi connectivity index (χ4n) is 3.26. The lowest BCUT2D eigenvalue weighted by atomic mass is 9.96. The Morgan fingerprint density at radius 3 is 2.75 bits per heavy atom. The summed E-state index contributed by atoms with van der Waals surface area (Å²) in [5.74, 6) is 0.313. The average Bonchev–Trinajstić information content (AvgIpc) is 2.68. The van der Waals surface area contributed by atoms with Gasteiger partial charge in [0.15, 0.2) is 0 Å². The quantitative estimate of drug-likeness (QED) is 0.613. The summed E-state index contributed by atoms with van der Waals surface area (Å²) < 4.78 is 11.6. The summed E-state index contributed by atoms with van der Waals surface area (Å²) in [7, 11) is 1.34. The Hall–Kier alpha value is -2.86. The van der Waals surface area contributed by atoms with Gasteiger partial charge in [0.25, 0.3) is 5.56 Å². The van der Waals surface area contributed by atoms with Crippen LogP contribution in [0.4, 0.5) is 0 Å². The maximum Gasteiger partial charge on any atom is 0.337 e. The van der Waals surface area contributed by atoms with E-state index in [1.54, 1.807) is 30.3 Å². The third kappa shape index (κ3) is 3.60. The standard InChI is InChI=1S/C21H19ClN2O4/c1-27-21(26)14-5-2-4-13(10-14)11-19-18-12-16(28-15-6-3-7-15)8-9-17(18)20(25)24(22)23-19/h2,4-5,8-10,12,15H,3,6-7,11H2,1H3. The van der Waals surface area contributed by atoms with E-state index in [1.807, 2.05) is 12.1 Å². The van der Waals surface area contributed by atoms with Crippen molar-refractivity contribution in [2.24, 2.45) is 0 Å². The third-order valence-electron chi connectivity index (χ3n) is 4.98. The zero-order chi connectivity index (χ0) is 19.7. The number of ether oxygens (including phenoxy) is 2. The highest BCUT2D eigenvalue weighted by atomic mass is 35.5. The molecule has 6 nitrogen and oxygen atoms in total. The normalized spacial score (nSPS) is 13.9. The molecule has 0 amide bonds. The molecule has 4 rings (SSSR count). The number of carbonyl (C=O) groups is 1. The van der Waals surface area contributed by atoms with E-state index in [1.165, 1.54) is 13.5 Å². The van der Waals surface area contributed by atoms with Gasteiger partial charge in [0, 0.05) is 23.6 Å². The number of esters is 1. The van der Waals surface area contributed by atoms with E-state index in [0.717, 1.165) is 28.4 Å². The van der Waals surface area contributed by atoms with Crippen molar-refractivity contribution in [1.29, 1.82) is 0 Å². The molecule has 28 heavy (non-hydrogen) atoms. The van der Waals surface area contributed by atoms with Crippen molar-refractivity contribution in [2.45, 2.75) is 31.8 Å². The number of nitrogens with zero attached hydrogens (tertiary/aromatic N) is 2. The molecule has 0 radical (unpaired) electrons. The van der Waals surface area contributed by atoms with Crippen molar-refractivity contribution in [2.75, 3.05) is 7.11 Å². The SMILES string of the molecule is COC(=O)c1cccc(Cc2nn(Cl)c(=O)c3ccc(OC4CCC4)cc23)c1. The lowest BCUT2D eigenvalue weighted by molar-refractivity contribution is 0.0600. The zero-order valence-corrected chi connectivity index (χ0v) is 16.1. The van der Waals surface area contributed by atoms with Gasteiger partial charge in [0.05, 0.1) is 29.9 Å². The van der Waals surface area contributed by atoms with Crippen LogP contribution in [0.25, 0.3) is 10.8 Å². The van der Waals surface area contributed by atoms with Gasteiger partial charge in [0.2, 0.25) is 0 Å². The first kappa shape index (κ1) is 18.5. The largest absolute Gasteiger partial charge is 0.490 e. The van der Waals surface area contributed by atoms with Crippen LogP contribution in [-0.4, -0.2) is 28.5 Å². The lowest BCUT2D eigenvalue weighted by Gasteiger charge is -2.26. The van der Waals surface area contributed by atoms with Crippen molar-refractivity contribution in [3.05, 3.63) is 69.6 Å². The third-order valence-corrected chi connectivity index (χ3v) is 5.21. The highest BCUT2D eigenvalue weighted by Gasteiger charge is 2.20. The molecule has 1 heterocycles. The van der Waals surface area contributed by atoms with Crippen LogP contribution in [0.15, 0.2) is 47.3 Å². The molecule has 0 spiro atoms. The van der Waals surface area contributed by atoms with Crippen molar-refractivity contribution in [1.82, 2.24) is 9.30 Å². The van der Waals surface area contributed by atoms with Gasteiger partial charge in [0.1, 0.15) is 5.75 Å². The number of benzene rings is 2. The van der Waals surface area contributed by atoms with E-state index in [9.17, 15) is 9.59 Å². The molecule has 1 saturated carbocycles. The van der Waals surface area contributed by atoms with Crippen LogP contribution in [0, 0.1) is 0 Å². The van der Waals surface area contributed by atoms with Gasteiger partial charge < -0.3 is 9.47 Å². The molecule has 1 aliphatic carbocycles.